The highest BCUT2D eigenvalue weighted by Crippen LogP contribution is 2.38. The molecule has 0 aromatic heterocycles. The van der Waals surface area contributed by atoms with Crippen LogP contribution in [0.5, 0.6) is 0 Å². The topological polar surface area (TPSA) is 0 Å². The number of allylic oxidation sites excluding steroid dienone is 2. The maximum absolute atomic E-state index is 2.45. The number of hydrogen-bond acceptors (Lipinski definition) is 0. The molecule has 1 saturated carbocycles. The molecular formula is C9H14. The van der Waals surface area contributed by atoms with Gasteiger partial charge >= 0.3 is 0 Å². The predicted octanol–water partition coefficient (Wildman–Crippen LogP) is 2.75. The van der Waals surface area contributed by atoms with Crippen molar-refractivity contribution in [3.8, 4) is 0 Å². The van der Waals surface area contributed by atoms with Gasteiger partial charge in [-0.25, -0.2) is 0 Å². The van der Waals surface area contributed by atoms with Crippen LogP contribution in [-0.2, 0) is 0 Å². The normalized spacial score (nSPS) is 40.9. The first-order chi connectivity index (χ1) is 4.47. The van der Waals surface area contributed by atoms with Crippen molar-refractivity contribution in [2.24, 2.45) is 11.8 Å². The molecule has 0 nitrogen and oxygen atoms in total. The summed E-state index contributed by atoms with van der Waals surface area (Å²) in [7, 11) is 0. The van der Waals surface area contributed by atoms with E-state index in [0.29, 0.717) is 0 Å². The van der Waals surface area contributed by atoms with Crippen LogP contribution in [0.4, 0.5) is 0 Å². The first kappa shape index (κ1) is 5.52. The van der Waals surface area contributed by atoms with Crippen LogP contribution in [0.1, 0.15) is 32.1 Å². The molecule has 50 valence electrons. The minimum absolute atomic E-state index is 0.985. The van der Waals surface area contributed by atoms with Gasteiger partial charge < -0.3 is 0 Å². The third-order valence-corrected chi connectivity index (χ3v) is 2.81. The second-order valence-corrected chi connectivity index (χ2v) is 3.36. The minimum atomic E-state index is 0.985. The quantitative estimate of drug-likeness (QED) is 0.433. The summed E-state index contributed by atoms with van der Waals surface area (Å²) in [5.74, 6) is 2.06. The van der Waals surface area contributed by atoms with Crippen LogP contribution >= 0.6 is 0 Å². The third-order valence-electron chi connectivity index (χ3n) is 2.81. The predicted molar refractivity (Wildman–Crippen MR) is 39.2 cm³/mol. The van der Waals surface area contributed by atoms with E-state index in [2.05, 4.69) is 12.2 Å². The first-order valence-electron chi connectivity index (χ1n) is 4.13. The van der Waals surface area contributed by atoms with Gasteiger partial charge in [-0.1, -0.05) is 18.6 Å². The molecule has 0 aromatic carbocycles. The maximum Gasteiger partial charge on any atom is -0.0205 e. The van der Waals surface area contributed by atoms with E-state index in [4.69, 9.17) is 0 Å². The van der Waals surface area contributed by atoms with E-state index in [1.807, 2.05) is 0 Å². The molecule has 1 fully saturated rings. The van der Waals surface area contributed by atoms with Crippen LogP contribution in [0.15, 0.2) is 12.2 Å². The van der Waals surface area contributed by atoms with Gasteiger partial charge in [0.1, 0.15) is 0 Å². The lowest BCUT2D eigenvalue weighted by molar-refractivity contribution is 0.412. The molecule has 2 rings (SSSR count). The summed E-state index contributed by atoms with van der Waals surface area (Å²) in [5, 5.41) is 0. The molecule has 0 unspecified atom stereocenters. The SMILES string of the molecule is C1=C[C@H]2CCC[C@@H]2CC1. The zero-order valence-corrected chi connectivity index (χ0v) is 5.84. The molecular weight excluding hydrogens is 108 g/mol. The van der Waals surface area contributed by atoms with Crippen molar-refractivity contribution < 1.29 is 0 Å². The van der Waals surface area contributed by atoms with Crippen LogP contribution in [-0.4, -0.2) is 0 Å². The lowest BCUT2D eigenvalue weighted by Gasteiger charge is -2.18. The Balaban J connectivity index is 2.10. The summed E-state index contributed by atoms with van der Waals surface area (Å²) < 4.78 is 0. The molecule has 0 heterocycles. The minimum Gasteiger partial charge on any atom is -0.0882 e. The van der Waals surface area contributed by atoms with Gasteiger partial charge in [-0.05, 0) is 37.5 Å². The van der Waals surface area contributed by atoms with Gasteiger partial charge in [-0.3, -0.25) is 0 Å². The largest absolute Gasteiger partial charge is 0.0882 e. The fourth-order valence-corrected chi connectivity index (χ4v) is 2.26. The number of hydrogen-bond donors (Lipinski definition) is 0. The van der Waals surface area contributed by atoms with Gasteiger partial charge in [-0.2, -0.15) is 0 Å². The van der Waals surface area contributed by atoms with Crippen molar-refractivity contribution in [2.45, 2.75) is 32.1 Å². The summed E-state index contributed by atoms with van der Waals surface area (Å²) >= 11 is 0. The highest BCUT2D eigenvalue weighted by atomic mass is 14.3. The Kier molecular flexibility index (Phi) is 1.33. The second-order valence-electron chi connectivity index (χ2n) is 3.36. The summed E-state index contributed by atoms with van der Waals surface area (Å²) in [4.78, 5) is 0. The van der Waals surface area contributed by atoms with Crippen LogP contribution in [0.2, 0.25) is 0 Å². The number of fused-ring (bicyclic) bond motifs is 1. The van der Waals surface area contributed by atoms with E-state index in [1.54, 1.807) is 0 Å². The van der Waals surface area contributed by atoms with Crippen molar-refractivity contribution in [1.82, 2.24) is 0 Å². The molecule has 0 bridgehead atoms. The molecule has 2 atom stereocenters. The molecule has 0 N–H and O–H groups in total. The van der Waals surface area contributed by atoms with E-state index >= 15 is 0 Å². The molecule has 0 aliphatic heterocycles. The Hall–Kier alpha value is -0.260. The van der Waals surface area contributed by atoms with E-state index in [1.165, 1.54) is 32.1 Å². The van der Waals surface area contributed by atoms with Crippen LogP contribution in [0.3, 0.4) is 0 Å². The Morgan fingerprint density at radius 3 is 3.00 bits per heavy atom. The van der Waals surface area contributed by atoms with E-state index in [0.717, 1.165) is 11.8 Å². The highest BCUT2D eigenvalue weighted by molar-refractivity contribution is 4.99. The molecule has 0 spiro atoms. The highest BCUT2D eigenvalue weighted by Gasteiger charge is 2.25. The standard InChI is InChI=1S/C9H14/c1-2-5-9-7-3-6-8(9)4-1/h1,4,8-9H,2-3,5-7H2/t8-,9-/m0/s1. The smallest absolute Gasteiger partial charge is 0.0205 e. The molecule has 0 saturated heterocycles. The van der Waals surface area contributed by atoms with Crippen molar-refractivity contribution >= 4 is 0 Å². The van der Waals surface area contributed by atoms with Crippen LogP contribution < -0.4 is 0 Å². The molecule has 9 heavy (non-hydrogen) atoms. The van der Waals surface area contributed by atoms with Crippen molar-refractivity contribution in [3.05, 3.63) is 12.2 Å². The van der Waals surface area contributed by atoms with Gasteiger partial charge in [0.2, 0.25) is 0 Å². The molecule has 0 heteroatoms. The number of rotatable bonds is 0. The molecule has 2 aliphatic carbocycles. The maximum atomic E-state index is 2.45. The zero-order valence-electron chi connectivity index (χ0n) is 5.84. The fraction of sp³-hybridized carbons (Fsp3) is 0.778. The van der Waals surface area contributed by atoms with Gasteiger partial charge in [-0.15, -0.1) is 0 Å². The Labute approximate surface area is 57.0 Å². The Bertz CT molecular complexity index is 124. The van der Waals surface area contributed by atoms with E-state index < -0.39 is 0 Å². The Morgan fingerprint density at radius 1 is 1.11 bits per heavy atom. The summed E-state index contributed by atoms with van der Waals surface area (Å²) in [5.41, 5.74) is 0. The second kappa shape index (κ2) is 2.17. The molecule has 0 radical (unpaired) electrons. The summed E-state index contributed by atoms with van der Waals surface area (Å²) in [6, 6.07) is 0. The van der Waals surface area contributed by atoms with Crippen molar-refractivity contribution in [2.75, 3.05) is 0 Å². The lowest BCUT2D eigenvalue weighted by Crippen LogP contribution is -2.07. The first-order valence-corrected chi connectivity index (χ1v) is 4.13. The lowest BCUT2D eigenvalue weighted by atomic mass is 9.87. The zero-order chi connectivity index (χ0) is 6.10. The van der Waals surface area contributed by atoms with Gasteiger partial charge in [0, 0.05) is 0 Å². The van der Waals surface area contributed by atoms with Crippen molar-refractivity contribution in [1.29, 1.82) is 0 Å². The third kappa shape index (κ3) is 0.910. The Morgan fingerprint density at radius 2 is 2.11 bits per heavy atom. The van der Waals surface area contributed by atoms with Crippen LogP contribution in [0, 0.1) is 11.8 Å². The molecule has 0 amide bonds. The average Bonchev–Trinajstić information content (AvgIpc) is 2.33. The van der Waals surface area contributed by atoms with Crippen LogP contribution in [0.25, 0.3) is 0 Å². The fourth-order valence-electron chi connectivity index (χ4n) is 2.26. The summed E-state index contributed by atoms with van der Waals surface area (Å²) in [6.07, 6.45) is 12.1. The van der Waals surface area contributed by atoms with Crippen molar-refractivity contribution in [3.63, 3.8) is 0 Å². The molecule has 2 aliphatic rings. The monoisotopic (exact) mass is 122 g/mol. The average molecular weight is 122 g/mol. The van der Waals surface area contributed by atoms with E-state index in [-0.39, 0.29) is 0 Å². The summed E-state index contributed by atoms with van der Waals surface area (Å²) in [6.45, 7) is 0. The van der Waals surface area contributed by atoms with E-state index in [9.17, 15) is 0 Å². The van der Waals surface area contributed by atoms with Gasteiger partial charge in [0.25, 0.3) is 0 Å². The molecule has 0 aromatic rings. The van der Waals surface area contributed by atoms with Gasteiger partial charge in [0.05, 0.1) is 0 Å². The van der Waals surface area contributed by atoms with Gasteiger partial charge in [0.15, 0.2) is 0 Å².